The number of methoxy groups -OCH3 is 1. The van der Waals surface area contributed by atoms with E-state index in [4.69, 9.17) is 18.9 Å². The second-order valence-corrected chi connectivity index (χ2v) is 13.7. The van der Waals surface area contributed by atoms with Crippen LogP contribution in [0.15, 0.2) is 42.5 Å². The molecule has 2 aliphatic heterocycles. The molecule has 3 atom stereocenters. The lowest BCUT2D eigenvalue weighted by Gasteiger charge is -2.20. The van der Waals surface area contributed by atoms with Crippen molar-refractivity contribution in [2.24, 2.45) is 0 Å². The van der Waals surface area contributed by atoms with Gasteiger partial charge in [0.1, 0.15) is 35.3 Å². The van der Waals surface area contributed by atoms with Crippen molar-refractivity contribution in [3.8, 4) is 28.4 Å². The first kappa shape index (κ1) is 29.4. The van der Waals surface area contributed by atoms with Crippen LogP contribution in [0, 0.1) is 19.7 Å². The first-order valence-electron chi connectivity index (χ1n) is 14.6. The fourth-order valence-electron chi connectivity index (χ4n) is 6.68. The average molecular weight is 610 g/mol. The van der Waals surface area contributed by atoms with Crippen molar-refractivity contribution in [1.29, 1.82) is 0 Å². The Morgan fingerprint density at radius 3 is 2.51 bits per heavy atom. The molecule has 0 saturated carbocycles. The summed E-state index contributed by atoms with van der Waals surface area (Å²) in [5.74, 6) is 1.34. The van der Waals surface area contributed by atoms with Crippen LogP contribution in [-0.2, 0) is 26.0 Å². The lowest BCUT2D eigenvalue weighted by atomic mass is 9.90. The van der Waals surface area contributed by atoms with E-state index in [2.05, 4.69) is 0 Å². The third kappa shape index (κ3) is 5.82. The number of rotatable bonds is 8. The van der Waals surface area contributed by atoms with Gasteiger partial charge in [-0.15, -0.1) is 0 Å². The van der Waals surface area contributed by atoms with Gasteiger partial charge in [-0.1, -0.05) is 12.1 Å². The highest BCUT2D eigenvalue weighted by Crippen LogP contribution is 2.45. The van der Waals surface area contributed by atoms with E-state index in [0.717, 1.165) is 33.4 Å². The van der Waals surface area contributed by atoms with E-state index in [-0.39, 0.29) is 30.2 Å². The molecule has 43 heavy (non-hydrogen) atoms. The van der Waals surface area contributed by atoms with Gasteiger partial charge in [-0.2, -0.15) is 4.31 Å². The zero-order valence-electron chi connectivity index (χ0n) is 24.8. The van der Waals surface area contributed by atoms with Gasteiger partial charge in [0.15, 0.2) is 0 Å². The fourth-order valence-corrected chi connectivity index (χ4v) is 7.55. The van der Waals surface area contributed by atoms with Crippen LogP contribution < -0.4 is 14.2 Å². The number of halogens is 1. The van der Waals surface area contributed by atoms with Crippen molar-refractivity contribution >= 4 is 16.0 Å². The highest BCUT2D eigenvalue weighted by molar-refractivity contribution is 7.88. The van der Waals surface area contributed by atoms with Crippen molar-refractivity contribution in [2.45, 2.75) is 57.7 Å². The Morgan fingerprint density at radius 2 is 1.81 bits per heavy atom. The number of hydrogen-bond donors (Lipinski definition) is 0. The molecule has 0 bridgehead atoms. The first-order chi connectivity index (χ1) is 20.5. The first-order valence-corrected chi connectivity index (χ1v) is 16.4. The predicted molar refractivity (Wildman–Crippen MR) is 160 cm³/mol. The summed E-state index contributed by atoms with van der Waals surface area (Å²) in [5, 5.41) is 0. The maximum Gasteiger partial charge on any atom is 0.306 e. The monoisotopic (exact) mass is 609 g/mol. The minimum atomic E-state index is -3.24. The van der Waals surface area contributed by atoms with Gasteiger partial charge in [-0.3, -0.25) is 4.79 Å². The molecule has 228 valence electrons. The molecule has 0 aromatic heterocycles. The quantitative estimate of drug-likeness (QED) is 0.306. The van der Waals surface area contributed by atoms with Gasteiger partial charge in [-0.25, -0.2) is 12.8 Å². The van der Waals surface area contributed by atoms with Crippen LogP contribution in [-0.4, -0.2) is 57.9 Å². The molecule has 2 heterocycles. The molecule has 8 nitrogen and oxygen atoms in total. The number of benzene rings is 3. The maximum absolute atomic E-state index is 15.4. The Balaban J connectivity index is 1.22. The molecule has 1 fully saturated rings. The Labute approximate surface area is 251 Å². The van der Waals surface area contributed by atoms with E-state index >= 15 is 4.39 Å². The summed E-state index contributed by atoms with van der Waals surface area (Å²) in [7, 11) is -1.86. The molecule has 1 aliphatic carbocycles. The number of ether oxygens (including phenoxy) is 4. The number of fused-ring (bicyclic) bond motifs is 2. The van der Waals surface area contributed by atoms with Crippen molar-refractivity contribution < 1.29 is 36.6 Å². The van der Waals surface area contributed by atoms with Crippen LogP contribution in [0.1, 0.15) is 59.1 Å². The van der Waals surface area contributed by atoms with E-state index in [1.807, 2.05) is 50.2 Å². The standard InChI is InChI=1S/C33H36FNO7S/c1-19-13-24(41-23-11-12-35(17-23)43(4,37)38)14-20(2)32(19)26-7-9-28(34)33-27(26)8-10-29(33)42-22-5-6-25-21(15-31(36)39-3)18-40-30(25)16-22/h5-7,9,13-14,16,21,23,29H,8,10-12,15,17-18H2,1-4H3. The molecule has 3 unspecified atom stereocenters. The fraction of sp³-hybridized carbons (Fsp3) is 0.424. The number of aryl methyl sites for hydroxylation is 2. The summed E-state index contributed by atoms with van der Waals surface area (Å²) in [5.41, 5.74) is 6.49. The van der Waals surface area contributed by atoms with Gasteiger partial charge >= 0.3 is 5.97 Å². The van der Waals surface area contributed by atoms with E-state index in [0.29, 0.717) is 61.8 Å². The Hall–Kier alpha value is -3.63. The number of sulfonamides is 1. The summed E-state index contributed by atoms with van der Waals surface area (Å²) in [6.07, 6.45) is 2.80. The molecule has 0 spiro atoms. The van der Waals surface area contributed by atoms with Crippen molar-refractivity contribution in [3.63, 3.8) is 0 Å². The largest absolute Gasteiger partial charge is 0.492 e. The van der Waals surface area contributed by atoms with Crippen molar-refractivity contribution in [2.75, 3.05) is 33.1 Å². The van der Waals surface area contributed by atoms with Crippen LogP contribution in [0.3, 0.4) is 0 Å². The minimum absolute atomic E-state index is 0.0627. The molecule has 0 amide bonds. The van der Waals surface area contributed by atoms with Gasteiger partial charge in [-0.05, 0) is 85.2 Å². The zero-order valence-corrected chi connectivity index (χ0v) is 25.6. The van der Waals surface area contributed by atoms with Crippen LogP contribution >= 0.6 is 0 Å². The van der Waals surface area contributed by atoms with Crippen LogP contribution in [0.2, 0.25) is 0 Å². The molecule has 3 aromatic rings. The van der Waals surface area contributed by atoms with E-state index in [9.17, 15) is 13.2 Å². The summed E-state index contributed by atoms with van der Waals surface area (Å²) in [4.78, 5) is 11.8. The lowest BCUT2D eigenvalue weighted by Crippen LogP contribution is -2.29. The summed E-state index contributed by atoms with van der Waals surface area (Å²) >= 11 is 0. The number of nitrogens with zero attached hydrogens (tertiary/aromatic N) is 1. The number of carbonyl (C=O) groups is 1. The van der Waals surface area contributed by atoms with Crippen molar-refractivity contribution in [3.05, 3.63) is 76.1 Å². The second kappa shape index (κ2) is 11.5. The summed E-state index contributed by atoms with van der Waals surface area (Å²) in [6.45, 7) is 5.24. The summed E-state index contributed by atoms with van der Waals surface area (Å²) in [6, 6.07) is 12.9. The number of carbonyl (C=O) groups excluding carboxylic acids is 1. The molecule has 6 rings (SSSR count). The lowest BCUT2D eigenvalue weighted by molar-refractivity contribution is -0.141. The number of hydrogen-bond acceptors (Lipinski definition) is 7. The third-order valence-electron chi connectivity index (χ3n) is 8.72. The maximum atomic E-state index is 15.4. The van der Waals surface area contributed by atoms with Gasteiger partial charge in [0.25, 0.3) is 0 Å². The van der Waals surface area contributed by atoms with Gasteiger partial charge in [0, 0.05) is 29.7 Å². The predicted octanol–water partition coefficient (Wildman–Crippen LogP) is 5.63. The van der Waals surface area contributed by atoms with Crippen LogP contribution in [0.5, 0.6) is 17.2 Å². The summed E-state index contributed by atoms with van der Waals surface area (Å²) < 4.78 is 63.8. The van der Waals surface area contributed by atoms with Crippen LogP contribution in [0.4, 0.5) is 4.39 Å². The molecule has 0 N–H and O–H groups in total. The van der Waals surface area contributed by atoms with E-state index in [1.165, 1.54) is 23.7 Å². The molecular weight excluding hydrogens is 573 g/mol. The SMILES string of the molecule is COC(=O)CC1COc2cc(OC3CCc4c(-c5c(C)cc(OC6CCN(S(C)(=O)=O)C6)cc5C)ccc(F)c43)ccc21. The highest BCUT2D eigenvalue weighted by atomic mass is 32.2. The van der Waals surface area contributed by atoms with Crippen LogP contribution in [0.25, 0.3) is 11.1 Å². The topological polar surface area (TPSA) is 91.4 Å². The second-order valence-electron chi connectivity index (χ2n) is 11.7. The molecule has 3 aliphatic rings. The molecule has 10 heteroatoms. The van der Waals surface area contributed by atoms with Gasteiger partial charge in [0.2, 0.25) is 10.0 Å². The molecule has 3 aromatic carbocycles. The molecule has 0 radical (unpaired) electrons. The molecule has 1 saturated heterocycles. The van der Waals surface area contributed by atoms with E-state index < -0.39 is 16.1 Å². The van der Waals surface area contributed by atoms with Gasteiger partial charge in [0.05, 0.1) is 32.9 Å². The minimum Gasteiger partial charge on any atom is -0.492 e. The smallest absolute Gasteiger partial charge is 0.306 e. The normalized spacial score (nSPS) is 21.3. The van der Waals surface area contributed by atoms with E-state index in [1.54, 1.807) is 0 Å². The van der Waals surface area contributed by atoms with Gasteiger partial charge < -0.3 is 18.9 Å². The zero-order chi connectivity index (χ0) is 30.5. The Bertz CT molecular complexity index is 1670. The highest BCUT2D eigenvalue weighted by Gasteiger charge is 2.33. The third-order valence-corrected chi connectivity index (χ3v) is 9.99. The van der Waals surface area contributed by atoms with Crippen molar-refractivity contribution in [1.82, 2.24) is 4.31 Å². The molecular formula is C33H36FNO7S. The average Bonchev–Trinajstić information content (AvgIpc) is 3.69. The number of esters is 1. The Morgan fingerprint density at radius 1 is 1.05 bits per heavy atom. The Kier molecular flexibility index (Phi) is 7.85.